The molecule has 8 heteroatoms. The summed E-state index contributed by atoms with van der Waals surface area (Å²) in [5, 5.41) is -0.326. The number of fused-ring (bicyclic) bond motifs is 1. The third kappa shape index (κ3) is 3.80. The molecule has 2 aliphatic rings. The van der Waals surface area contributed by atoms with Gasteiger partial charge in [-0.05, 0) is 43.2 Å². The van der Waals surface area contributed by atoms with Crippen LogP contribution in [0.3, 0.4) is 0 Å². The molecule has 0 N–H and O–H groups in total. The van der Waals surface area contributed by atoms with E-state index in [1.54, 1.807) is 30.3 Å². The summed E-state index contributed by atoms with van der Waals surface area (Å²) >= 11 is 0.969. The Labute approximate surface area is 178 Å². The fourth-order valence-electron chi connectivity index (χ4n) is 3.44. The van der Waals surface area contributed by atoms with Crippen molar-refractivity contribution in [1.29, 1.82) is 0 Å². The van der Waals surface area contributed by atoms with Gasteiger partial charge in [0.1, 0.15) is 5.75 Å². The monoisotopic (exact) mass is 426 g/mol. The summed E-state index contributed by atoms with van der Waals surface area (Å²) in [4.78, 5) is 40.3. The van der Waals surface area contributed by atoms with Crippen LogP contribution < -0.4 is 9.64 Å². The standard InChI is InChI=1S/C22H22N2O5S/c1-3-9-28-21(24-19(25)12-30-22(24)27)15-5-4-6-16(11-15)23-13-29-18-10-14(2)7-8-17(18)20(23)26/h4-8,10-11,21H,3,9,12-13H2,1-2H3. The smallest absolute Gasteiger partial charge is 0.291 e. The highest BCUT2D eigenvalue weighted by Crippen LogP contribution is 2.34. The van der Waals surface area contributed by atoms with Crippen LogP contribution in [-0.2, 0) is 9.53 Å². The number of benzene rings is 2. The molecule has 0 aliphatic carbocycles. The highest BCUT2D eigenvalue weighted by molar-refractivity contribution is 8.14. The minimum absolute atomic E-state index is 0.0800. The van der Waals surface area contributed by atoms with Gasteiger partial charge in [0.15, 0.2) is 13.0 Å². The molecule has 0 saturated carbocycles. The van der Waals surface area contributed by atoms with Gasteiger partial charge in [0.05, 0.1) is 11.3 Å². The first-order valence-electron chi connectivity index (χ1n) is 9.75. The molecule has 1 atom stereocenters. The number of thioether (sulfide) groups is 1. The van der Waals surface area contributed by atoms with Gasteiger partial charge >= 0.3 is 0 Å². The number of hydrogen-bond donors (Lipinski definition) is 0. The Morgan fingerprint density at radius 3 is 2.73 bits per heavy atom. The summed E-state index contributed by atoms with van der Waals surface area (Å²) in [5.74, 6) is 0.238. The maximum atomic E-state index is 13.0. The van der Waals surface area contributed by atoms with Crippen LogP contribution in [0.4, 0.5) is 10.5 Å². The van der Waals surface area contributed by atoms with Crippen molar-refractivity contribution in [2.24, 2.45) is 0 Å². The lowest BCUT2D eigenvalue weighted by Gasteiger charge is -2.30. The Morgan fingerprint density at radius 2 is 2.00 bits per heavy atom. The zero-order valence-electron chi connectivity index (χ0n) is 16.8. The summed E-state index contributed by atoms with van der Waals surface area (Å²) < 4.78 is 11.7. The van der Waals surface area contributed by atoms with Gasteiger partial charge in [0, 0.05) is 17.9 Å². The number of anilines is 1. The molecule has 2 aliphatic heterocycles. The van der Waals surface area contributed by atoms with Crippen LogP contribution in [0, 0.1) is 6.92 Å². The second kappa shape index (κ2) is 8.49. The molecule has 7 nitrogen and oxygen atoms in total. The predicted octanol–water partition coefficient (Wildman–Crippen LogP) is 4.11. The second-order valence-electron chi connectivity index (χ2n) is 7.14. The summed E-state index contributed by atoms with van der Waals surface area (Å²) in [5.41, 5.74) is 2.76. The number of carbonyl (C=O) groups excluding carboxylic acids is 3. The van der Waals surface area contributed by atoms with E-state index in [0.717, 1.165) is 28.6 Å². The molecule has 3 amide bonds. The van der Waals surface area contributed by atoms with Crippen LogP contribution in [0.15, 0.2) is 42.5 Å². The van der Waals surface area contributed by atoms with E-state index in [4.69, 9.17) is 9.47 Å². The van der Waals surface area contributed by atoms with Crippen LogP contribution >= 0.6 is 11.8 Å². The van der Waals surface area contributed by atoms with E-state index >= 15 is 0 Å². The molecule has 30 heavy (non-hydrogen) atoms. The Bertz CT molecular complexity index is 993. The molecule has 1 saturated heterocycles. The van der Waals surface area contributed by atoms with E-state index in [2.05, 4.69) is 0 Å². The van der Waals surface area contributed by atoms with Gasteiger partial charge in [0.25, 0.3) is 11.1 Å². The molecule has 2 aromatic carbocycles. The highest BCUT2D eigenvalue weighted by Gasteiger charge is 2.38. The fourth-order valence-corrected chi connectivity index (χ4v) is 4.16. The number of amides is 3. The average molecular weight is 426 g/mol. The molecular weight excluding hydrogens is 404 g/mol. The zero-order chi connectivity index (χ0) is 21.3. The average Bonchev–Trinajstić information content (AvgIpc) is 3.07. The van der Waals surface area contributed by atoms with E-state index in [1.807, 2.05) is 26.0 Å². The second-order valence-corrected chi connectivity index (χ2v) is 8.07. The minimum atomic E-state index is -0.823. The molecule has 0 spiro atoms. The van der Waals surface area contributed by atoms with Crippen molar-refractivity contribution in [2.45, 2.75) is 26.5 Å². The lowest BCUT2D eigenvalue weighted by atomic mass is 10.1. The van der Waals surface area contributed by atoms with Gasteiger partial charge in [-0.1, -0.05) is 36.9 Å². The Kier molecular flexibility index (Phi) is 5.78. The maximum Gasteiger partial charge on any atom is 0.291 e. The largest absolute Gasteiger partial charge is 0.472 e. The quantitative estimate of drug-likeness (QED) is 0.692. The third-order valence-corrected chi connectivity index (χ3v) is 5.76. The van der Waals surface area contributed by atoms with E-state index in [1.165, 1.54) is 4.90 Å². The molecule has 0 aromatic heterocycles. The SMILES string of the molecule is CCCOC(c1cccc(N2COc3cc(C)ccc3C2=O)c1)N1C(=O)CSC1=O. The number of ether oxygens (including phenoxy) is 2. The summed E-state index contributed by atoms with van der Waals surface area (Å²) in [6.07, 6.45) is -0.0792. The first-order valence-corrected chi connectivity index (χ1v) is 10.7. The molecule has 4 rings (SSSR count). The molecule has 0 bridgehead atoms. The number of nitrogens with zero attached hydrogens (tertiary/aromatic N) is 2. The van der Waals surface area contributed by atoms with E-state index < -0.39 is 6.23 Å². The fraction of sp³-hybridized carbons (Fsp3) is 0.318. The van der Waals surface area contributed by atoms with Gasteiger partial charge in [-0.3, -0.25) is 19.3 Å². The van der Waals surface area contributed by atoms with Crippen LogP contribution in [0.2, 0.25) is 0 Å². The number of carbonyl (C=O) groups is 3. The molecule has 1 unspecified atom stereocenters. The van der Waals surface area contributed by atoms with Crippen molar-refractivity contribution in [3.63, 3.8) is 0 Å². The van der Waals surface area contributed by atoms with Crippen molar-refractivity contribution >= 4 is 34.5 Å². The van der Waals surface area contributed by atoms with E-state index in [0.29, 0.717) is 29.2 Å². The van der Waals surface area contributed by atoms with Gasteiger partial charge in [0.2, 0.25) is 5.91 Å². The number of aryl methyl sites for hydroxylation is 1. The van der Waals surface area contributed by atoms with Gasteiger partial charge in [-0.25, -0.2) is 4.90 Å². The Hall–Kier alpha value is -2.84. The zero-order valence-corrected chi connectivity index (χ0v) is 17.6. The van der Waals surface area contributed by atoms with Crippen LogP contribution in [0.25, 0.3) is 0 Å². The molecule has 0 radical (unpaired) electrons. The maximum absolute atomic E-state index is 13.0. The Morgan fingerprint density at radius 1 is 1.17 bits per heavy atom. The predicted molar refractivity (Wildman–Crippen MR) is 114 cm³/mol. The third-order valence-electron chi connectivity index (χ3n) is 4.93. The molecule has 2 heterocycles. The van der Waals surface area contributed by atoms with Crippen molar-refractivity contribution in [2.75, 3.05) is 24.0 Å². The van der Waals surface area contributed by atoms with Crippen LogP contribution in [0.5, 0.6) is 5.75 Å². The number of rotatable bonds is 6. The first-order chi connectivity index (χ1) is 14.5. The number of imide groups is 1. The summed E-state index contributed by atoms with van der Waals surface area (Å²) in [6.45, 7) is 4.38. The topological polar surface area (TPSA) is 76.2 Å². The van der Waals surface area contributed by atoms with Gasteiger partial charge in [-0.2, -0.15) is 0 Å². The molecule has 156 valence electrons. The summed E-state index contributed by atoms with van der Waals surface area (Å²) in [7, 11) is 0. The highest BCUT2D eigenvalue weighted by atomic mass is 32.2. The van der Waals surface area contributed by atoms with E-state index in [9.17, 15) is 14.4 Å². The van der Waals surface area contributed by atoms with Crippen molar-refractivity contribution in [3.05, 3.63) is 59.2 Å². The Balaban J connectivity index is 1.65. The van der Waals surface area contributed by atoms with Gasteiger partial charge in [-0.15, -0.1) is 0 Å². The lowest BCUT2D eigenvalue weighted by molar-refractivity contribution is -0.136. The minimum Gasteiger partial charge on any atom is -0.472 e. The van der Waals surface area contributed by atoms with E-state index in [-0.39, 0.29) is 29.5 Å². The molecule has 2 aromatic rings. The van der Waals surface area contributed by atoms with Crippen molar-refractivity contribution < 1.29 is 23.9 Å². The molecule has 1 fully saturated rings. The molecular formula is C22H22N2O5S. The van der Waals surface area contributed by atoms with Crippen LogP contribution in [-0.4, -0.2) is 41.0 Å². The lowest BCUT2D eigenvalue weighted by Crippen LogP contribution is -2.39. The number of hydrogen-bond acceptors (Lipinski definition) is 6. The summed E-state index contributed by atoms with van der Waals surface area (Å²) in [6, 6.07) is 12.6. The van der Waals surface area contributed by atoms with Crippen LogP contribution in [0.1, 0.15) is 41.1 Å². The van der Waals surface area contributed by atoms with Gasteiger partial charge < -0.3 is 9.47 Å². The normalized spacial score (nSPS) is 17.2. The van der Waals surface area contributed by atoms with Crippen molar-refractivity contribution in [3.8, 4) is 5.75 Å². The van der Waals surface area contributed by atoms with Crippen molar-refractivity contribution in [1.82, 2.24) is 4.90 Å². The first kappa shape index (κ1) is 20.4.